The lowest BCUT2D eigenvalue weighted by molar-refractivity contribution is 0.593. The number of rotatable bonds is 7. The first-order chi connectivity index (χ1) is 16.3. The summed E-state index contributed by atoms with van der Waals surface area (Å²) in [6.45, 7) is 0. The van der Waals surface area contributed by atoms with Gasteiger partial charge < -0.3 is 4.90 Å². The summed E-state index contributed by atoms with van der Waals surface area (Å²) >= 11 is 6.00. The van der Waals surface area contributed by atoms with Crippen LogP contribution in [0.3, 0.4) is 0 Å². The molecular formula is C24H21ClN6O2S. The lowest BCUT2D eigenvalue weighted by Crippen LogP contribution is -2.12. The Kier molecular flexibility index (Phi) is 6.85. The van der Waals surface area contributed by atoms with Crippen LogP contribution < -0.4 is 0 Å². The van der Waals surface area contributed by atoms with Gasteiger partial charge >= 0.3 is 0 Å². The van der Waals surface area contributed by atoms with Gasteiger partial charge in [0.25, 0.3) is 10.0 Å². The van der Waals surface area contributed by atoms with Gasteiger partial charge in [-0.1, -0.05) is 72.3 Å². The first-order valence-electron chi connectivity index (χ1n) is 10.2. The van der Waals surface area contributed by atoms with Gasteiger partial charge in [-0.05, 0) is 6.07 Å². The van der Waals surface area contributed by atoms with Gasteiger partial charge in [-0.3, -0.25) is 0 Å². The molecule has 0 fully saturated rings. The molecule has 0 radical (unpaired) electrons. The van der Waals surface area contributed by atoms with Crippen molar-refractivity contribution >= 4 is 39.4 Å². The number of benzene rings is 2. The Balaban J connectivity index is 1.91. The third-order valence-electron chi connectivity index (χ3n) is 4.62. The van der Waals surface area contributed by atoms with E-state index in [9.17, 15) is 8.42 Å². The van der Waals surface area contributed by atoms with Crippen LogP contribution in [0.4, 0.5) is 5.69 Å². The number of hydrogen-bond acceptors (Lipinski definition) is 5. The Morgan fingerprint density at radius 2 is 1.62 bits per heavy atom. The Labute approximate surface area is 203 Å². The maximum absolute atomic E-state index is 13.1. The number of aliphatic imine (C=N–C) groups is 1. The third kappa shape index (κ3) is 5.38. The summed E-state index contributed by atoms with van der Waals surface area (Å²) in [7, 11) is -0.763. The molecule has 0 aliphatic carbocycles. The average Bonchev–Trinajstić information content (AvgIpc) is 3.28. The van der Waals surface area contributed by atoms with E-state index >= 15 is 0 Å². The fraction of sp³-hybridized carbons (Fsp3) is 0.0833. The van der Waals surface area contributed by atoms with Crippen LogP contribution in [0, 0.1) is 0 Å². The van der Waals surface area contributed by atoms with Crippen molar-refractivity contribution in [2.45, 2.75) is 4.90 Å². The maximum atomic E-state index is 13.1. The van der Waals surface area contributed by atoms with Gasteiger partial charge in [0.05, 0.1) is 35.0 Å². The molecule has 0 N–H and O–H groups in total. The number of hydrogen-bond donors (Lipinski definition) is 0. The number of sulfonamides is 1. The Morgan fingerprint density at radius 3 is 2.15 bits per heavy atom. The van der Waals surface area contributed by atoms with Gasteiger partial charge in [0, 0.05) is 25.2 Å². The third-order valence-corrected chi connectivity index (χ3v) is 6.04. The zero-order valence-corrected chi connectivity index (χ0v) is 20.0. The molecule has 0 saturated heterocycles. The molecule has 34 heavy (non-hydrogen) atoms. The van der Waals surface area contributed by atoms with Gasteiger partial charge in [0.15, 0.2) is 5.82 Å². The maximum Gasteiger partial charge on any atom is 0.287 e. The van der Waals surface area contributed by atoms with E-state index in [0.29, 0.717) is 16.4 Å². The fourth-order valence-electron chi connectivity index (χ4n) is 3.10. The highest BCUT2D eigenvalue weighted by Gasteiger charge is 2.22. The summed E-state index contributed by atoms with van der Waals surface area (Å²) in [5.41, 5.74) is 2.79. The molecule has 2 aromatic heterocycles. The molecule has 2 heterocycles. The molecular weight excluding hydrogens is 472 g/mol. The summed E-state index contributed by atoms with van der Waals surface area (Å²) < 4.78 is 31.3. The molecule has 0 aliphatic heterocycles. The van der Waals surface area contributed by atoms with E-state index in [1.165, 1.54) is 40.6 Å². The van der Waals surface area contributed by atoms with Crippen LogP contribution in [-0.4, -0.2) is 54.2 Å². The van der Waals surface area contributed by atoms with Gasteiger partial charge in [0.1, 0.15) is 11.2 Å². The molecule has 0 aliphatic rings. The van der Waals surface area contributed by atoms with Crippen molar-refractivity contribution in [1.82, 2.24) is 19.7 Å². The van der Waals surface area contributed by atoms with E-state index in [0.717, 1.165) is 11.1 Å². The molecule has 0 atom stereocenters. The van der Waals surface area contributed by atoms with E-state index in [1.807, 2.05) is 60.7 Å². The van der Waals surface area contributed by atoms with Crippen molar-refractivity contribution < 1.29 is 8.42 Å². The molecule has 0 spiro atoms. The van der Waals surface area contributed by atoms with Crippen LogP contribution in [0.15, 0.2) is 99.6 Å². The molecule has 4 aromatic rings. The Morgan fingerprint density at radius 1 is 1.00 bits per heavy atom. The van der Waals surface area contributed by atoms with Crippen LogP contribution in [0.5, 0.6) is 0 Å². The number of aromatic nitrogens is 3. The monoisotopic (exact) mass is 492 g/mol. The number of pyridine rings is 1. The predicted octanol–water partition coefficient (Wildman–Crippen LogP) is 4.37. The topological polar surface area (TPSA) is 92.8 Å². The predicted molar refractivity (Wildman–Crippen MR) is 134 cm³/mol. The molecule has 8 nitrogen and oxygen atoms in total. The Hall–Kier alpha value is -3.82. The van der Waals surface area contributed by atoms with Crippen LogP contribution in [0.1, 0.15) is 11.1 Å². The van der Waals surface area contributed by atoms with Crippen molar-refractivity contribution in [3.05, 3.63) is 101 Å². The second-order valence-corrected chi connectivity index (χ2v) is 9.51. The quantitative estimate of drug-likeness (QED) is 0.282. The summed E-state index contributed by atoms with van der Waals surface area (Å²) in [5, 5.41) is 4.45. The largest absolute Gasteiger partial charge is 0.368 e. The normalized spacial score (nSPS) is 11.5. The minimum Gasteiger partial charge on any atom is -0.368 e. The van der Waals surface area contributed by atoms with Crippen LogP contribution in [0.25, 0.3) is 5.82 Å². The molecule has 172 valence electrons. The van der Waals surface area contributed by atoms with E-state index in [-0.39, 0.29) is 10.7 Å². The van der Waals surface area contributed by atoms with Gasteiger partial charge in [-0.25, -0.2) is 14.7 Å². The van der Waals surface area contributed by atoms with E-state index < -0.39 is 10.0 Å². The van der Waals surface area contributed by atoms with Crippen LogP contribution in [0.2, 0.25) is 5.02 Å². The lowest BCUT2D eigenvalue weighted by Gasteiger charge is -2.11. The fourth-order valence-corrected chi connectivity index (χ4v) is 4.31. The zero-order valence-electron chi connectivity index (χ0n) is 18.4. The Bertz CT molecular complexity index is 1410. The highest BCUT2D eigenvalue weighted by molar-refractivity contribution is 7.90. The van der Waals surface area contributed by atoms with Crippen molar-refractivity contribution in [3.63, 3.8) is 0 Å². The summed E-state index contributed by atoms with van der Waals surface area (Å²) in [4.78, 5) is 10.5. The van der Waals surface area contributed by atoms with Crippen molar-refractivity contribution in [3.8, 4) is 5.82 Å². The van der Waals surface area contributed by atoms with Crippen molar-refractivity contribution in [2.75, 3.05) is 14.1 Å². The molecule has 0 amide bonds. The van der Waals surface area contributed by atoms with E-state index in [1.54, 1.807) is 14.1 Å². The highest BCUT2D eigenvalue weighted by atomic mass is 35.5. The summed E-state index contributed by atoms with van der Waals surface area (Å²) in [6.07, 6.45) is 5.58. The minimum absolute atomic E-state index is 0.0720. The second kappa shape index (κ2) is 9.98. The zero-order chi connectivity index (χ0) is 24.1. The van der Waals surface area contributed by atoms with E-state index in [2.05, 4.69) is 14.5 Å². The lowest BCUT2D eigenvalue weighted by atomic mass is 10.0. The number of nitrogens with zero attached hydrogens (tertiary/aromatic N) is 6. The van der Waals surface area contributed by atoms with Crippen molar-refractivity contribution in [2.24, 2.45) is 9.39 Å². The summed E-state index contributed by atoms with van der Waals surface area (Å²) in [6, 6.07) is 20.7. The van der Waals surface area contributed by atoms with Crippen molar-refractivity contribution in [1.29, 1.82) is 0 Å². The molecule has 0 saturated carbocycles. The molecule has 2 aromatic carbocycles. The highest BCUT2D eigenvalue weighted by Crippen LogP contribution is 2.27. The summed E-state index contributed by atoms with van der Waals surface area (Å²) in [5.74, 6) is 0.0720. The average molecular weight is 493 g/mol. The number of halogens is 1. The van der Waals surface area contributed by atoms with Gasteiger partial charge in [0.2, 0.25) is 0 Å². The smallest absolute Gasteiger partial charge is 0.287 e. The molecule has 0 unspecified atom stereocenters. The van der Waals surface area contributed by atoms with E-state index in [4.69, 9.17) is 16.6 Å². The molecule has 0 bridgehead atoms. The minimum atomic E-state index is -4.12. The van der Waals surface area contributed by atoms with Gasteiger partial charge in [-0.15, -0.1) is 4.40 Å². The molecule has 4 rings (SSSR count). The first kappa shape index (κ1) is 23.3. The SMILES string of the molecule is CN(C)/C=N\S(=O)(=O)c1cc(N=C(c2ccccc2)c2ccccc2)cnc1-n1cc(Cl)cn1. The standard InChI is InChI=1S/C24H21ClN6O2S/c1-30(2)17-28-34(32,33)22-13-21(15-26-24(22)31-16-20(25)14-27-31)29-23(18-9-5-3-6-10-18)19-11-7-4-8-12-19/h3-17H,1-2H3/b28-17-. The van der Waals surface area contributed by atoms with Crippen LogP contribution in [-0.2, 0) is 10.0 Å². The van der Waals surface area contributed by atoms with Crippen LogP contribution >= 0.6 is 11.6 Å². The first-order valence-corrected chi connectivity index (χ1v) is 12.0. The van der Waals surface area contributed by atoms with Gasteiger partial charge in [-0.2, -0.15) is 13.5 Å². The second-order valence-electron chi connectivity index (χ2n) is 7.47. The molecule has 10 heteroatoms.